The zero-order valence-electron chi connectivity index (χ0n) is 19.3. The van der Waals surface area contributed by atoms with Crippen molar-refractivity contribution < 1.29 is 14.3 Å². The molecule has 0 spiro atoms. The molecule has 0 fully saturated rings. The standard InChI is InChI=1S/C27H25N3O4S/c1-18-6-9-20(10-7-18)30-26(32)21-4-2-3-5-22(21)29-27(30)35-17-25(31)28-13-12-19-8-11-23-24(16-19)34-15-14-33-23/h2-11,16H,12-15,17H2,1H3,(H,28,31). The van der Waals surface area contributed by atoms with Gasteiger partial charge in [-0.2, -0.15) is 0 Å². The van der Waals surface area contributed by atoms with Gasteiger partial charge in [0.25, 0.3) is 5.56 Å². The van der Waals surface area contributed by atoms with E-state index in [0.717, 1.165) is 28.3 Å². The Morgan fingerprint density at radius 3 is 2.63 bits per heavy atom. The minimum atomic E-state index is -0.152. The number of amides is 1. The third kappa shape index (κ3) is 5.17. The zero-order chi connectivity index (χ0) is 24.2. The Balaban J connectivity index is 1.27. The summed E-state index contributed by atoms with van der Waals surface area (Å²) in [7, 11) is 0. The van der Waals surface area contributed by atoms with E-state index in [1.807, 2.05) is 67.6 Å². The zero-order valence-corrected chi connectivity index (χ0v) is 20.1. The molecule has 0 radical (unpaired) electrons. The Labute approximate surface area is 207 Å². The van der Waals surface area contributed by atoms with Gasteiger partial charge in [-0.3, -0.25) is 14.2 Å². The number of carbonyl (C=O) groups is 1. The fourth-order valence-corrected chi connectivity index (χ4v) is 4.74. The van der Waals surface area contributed by atoms with Gasteiger partial charge in [0.2, 0.25) is 5.91 Å². The molecule has 2 heterocycles. The van der Waals surface area contributed by atoms with E-state index in [2.05, 4.69) is 5.32 Å². The maximum atomic E-state index is 13.3. The summed E-state index contributed by atoms with van der Waals surface area (Å²) in [5.41, 5.74) is 3.34. The molecule has 3 aromatic carbocycles. The summed E-state index contributed by atoms with van der Waals surface area (Å²) in [6.07, 6.45) is 0.676. The molecule has 35 heavy (non-hydrogen) atoms. The number of carbonyl (C=O) groups excluding carboxylic acids is 1. The molecular formula is C27H25N3O4S. The molecule has 1 aliphatic rings. The topological polar surface area (TPSA) is 82.5 Å². The van der Waals surface area contributed by atoms with Crippen molar-refractivity contribution in [3.63, 3.8) is 0 Å². The van der Waals surface area contributed by atoms with Crippen LogP contribution in [0.1, 0.15) is 11.1 Å². The number of nitrogens with one attached hydrogen (secondary N) is 1. The fraction of sp³-hybridized carbons (Fsp3) is 0.222. The highest BCUT2D eigenvalue weighted by atomic mass is 32.2. The highest BCUT2D eigenvalue weighted by Gasteiger charge is 2.15. The van der Waals surface area contributed by atoms with E-state index in [1.54, 1.807) is 10.6 Å². The van der Waals surface area contributed by atoms with Crippen molar-refractivity contribution in [2.45, 2.75) is 18.5 Å². The number of rotatable bonds is 7. The predicted octanol–water partition coefficient (Wildman–Crippen LogP) is 3.92. The molecule has 5 rings (SSSR count). The van der Waals surface area contributed by atoms with E-state index in [0.29, 0.717) is 42.2 Å². The SMILES string of the molecule is Cc1ccc(-n2c(SCC(=O)NCCc3ccc4c(c3)OCCO4)nc3ccccc3c2=O)cc1. The van der Waals surface area contributed by atoms with Crippen LogP contribution in [-0.4, -0.2) is 41.0 Å². The van der Waals surface area contributed by atoms with E-state index >= 15 is 0 Å². The number of hydrogen-bond acceptors (Lipinski definition) is 6. The lowest BCUT2D eigenvalue weighted by molar-refractivity contribution is -0.118. The highest BCUT2D eigenvalue weighted by molar-refractivity contribution is 7.99. The summed E-state index contributed by atoms with van der Waals surface area (Å²) in [5, 5.41) is 3.98. The quantitative estimate of drug-likeness (QED) is 0.314. The van der Waals surface area contributed by atoms with Crippen LogP contribution in [-0.2, 0) is 11.2 Å². The number of thioether (sulfide) groups is 1. The lowest BCUT2D eigenvalue weighted by atomic mass is 10.1. The molecule has 1 N–H and O–H groups in total. The molecule has 1 aliphatic heterocycles. The van der Waals surface area contributed by atoms with Gasteiger partial charge in [0.15, 0.2) is 16.7 Å². The van der Waals surface area contributed by atoms with Crippen LogP contribution in [0.15, 0.2) is 76.7 Å². The highest BCUT2D eigenvalue weighted by Crippen LogP contribution is 2.30. The number of benzene rings is 3. The van der Waals surface area contributed by atoms with Crippen molar-refractivity contribution in [3.8, 4) is 17.2 Å². The van der Waals surface area contributed by atoms with Gasteiger partial charge in [-0.25, -0.2) is 4.98 Å². The van der Waals surface area contributed by atoms with Gasteiger partial charge in [-0.1, -0.05) is 47.7 Å². The molecule has 1 aromatic heterocycles. The van der Waals surface area contributed by atoms with Crippen LogP contribution in [0.4, 0.5) is 0 Å². The van der Waals surface area contributed by atoms with Gasteiger partial charge in [-0.15, -0.1) is 0 Å². The Morgan fingerprint density at radius 2 is 1.80 bits per heavy atom. The molecule has 4 aromatic rings. The van der Waals surface area contributed by atoms with E-state index in [1.165, 1.54) is 11.8 Å². The molecule has 178 valence electrons. The van der Waals surface area contributed by atoms with Crippen LogP contribution >= 0.6 is 11.8 Å². The predicted molar refractivity (Wildman–Crippen MR) is 137 cm³/mol. The third-order valence-corrected chi connectivity index (χ3v) is 6.65. The Kier molecular flexibility index (Phi) is 6.72. The number of para-hydroxylation sites is 1. The Morgan fingerprint density at radius 1 is 1.03 bits per heavy atom. The van der Waals surface area contributed by atoms with Gasteiger partial charge < -0.3 is 14.8 Å². The van der Waals surface area contributed by atoms with Crippen molar-refractivity contribution in [1.29, 1.82) is 0 Å². The molecule has 1 amide bonds. The second-order valence-corrected chi connectivity index (χ2v) is 9.20. The van der Waals surface area contributed by atoms with Crippen molar-refractivity contribution >= 4 is 28.6 Å². The Bertz CT molecular complexity index is 1430. The maximum Gasteiger partial charge on any atom is 0.266 e. The summed E-state index contributed by atoms with van der Waals surface area (Å²) < 4.78 is 12.8. The van der Waals surface area contributed by atoms with E-state index in [-0.39, 0.29) is 17.2 Å². The first-order valence-corrected chi connectivity index (χ1v) is 12.4. The second kappa shape index (κ2) is 10.2. The Hall–Kier alpha value is -3.78. The van der Waals surface area contributed by atoms with Crippen LogP contribution < -0.4 is 20.3 Å². The normalized spacial score (nSPS) is 12.5. The number of hydrogen-bond donors (Lipinski definition) is 1. The minimum absolute atomic E-state index is 0.120. The molecular weight excluding hydrogens is 462 g/mol. The first-order chi connectivity index (χ1) is 17.1. The summed E-state index contributed by atoms with van der Waals surface area (Å²) in [6.45, 7) is 3.59. The average Bonchev–Trinajstić information content (AvgIpc) is 2.88. The van der Waals surface area contributed by atoms with Gasteiger partial charge in [0.1, 0.15) is 13.2 Å². The van der Waals surface area contributed by atoms with Gasteiger partial charge in [0, 0.05) is 6.54 Å². The summed E-state index contributed by atoms with van der Waals surface area (Å²) in [6, 6.07) is 20.8. The number of fused-ring (bicyclic) bond motifs is 2. The first-order valence-electron chi connectivity index (χ1n) is 11.5. The van der Waals surface area contributed by atoms with Gasteiger partial charge in [0.05, 0.1) is 22.3 Å². The van der Waals surface area contributed by atoms with Crippen LogP contribution in [0.2, 0.25) is 0 Å². The lowest BCUT2D eigenvalue weighted by Gasteiger charge is -2.18. The fourth-order valence-electron chi connectivity index (χ4n) is 3.90. The summed E-state index contributed by atoms with van der Waals surface area (Å²) >= 11 is 1.25. The van der Waals surface area contributed by atoms with Crippen molar-refractivity contribution in [2.24, 2.45) is 0 Å². The maximum absolute atomic E-state index is 13.3. The third-order valence-electron chi connectivity index (χ3n) is 5.71. The van der Waals surface area contributed by atoms with Crippen molar-refractivity contribution in [3.05, 3.63) is 88.2 Å². The molecule has 8 heteroatoms. The number of ether oxygens (including phenoxy) is 2. The van der Waals surface area contributed by atoms with E-state index < -0.39 is 0 Å². The van der Waals surface area contributed by atoms with E-state index in [9.17, 15) is 9.59 Å². The molecule has 0 bridgehead atoms. The monoisotopic (exact) mass is 487 g/mol. The first kappa shape index (κ1) is 23.0. The summed E-state index contributed by atoms with van der Waals surface area (Å²) in [4.78, 5) is 30.6. The van der Waals surface area contributed by atoms with Crippen LogP contribution in [0.5, 0.6) is 11.5 Å². The largest absolute Gasteiger partial charge is 0.486 e. The molecule has 0 saturated heterocycles. The molecule has 0 atom stereocenters. The number of aromatic nitrogens is 2. The average molecular weight is 488 g/mol. The molecule has 0 aliphatic carbocycles. The van der Waals surface area contributed by atoms with Crippen molar-refractivity contribution in [2.75, 3.05) is 25.5 Å². The van der Waals surface area contributed by atoms with Gasteiger partial charge >= 0.3 is 0 Å². The van der Waals surface area contributed by atoms with Crippen LogP contribution in [0, 0.1) is 6.92 Å². The molecule has 0 unspecified atom stereocenters. The summed E-state index contributed by atoms with van der Waals surface area (Å²) in [5.74, 6) is 1.53. The molecule has 7 nitrogen and oxygen atoms in total. The molecule has 0 saturated carbocycles. The van der Waals surface area contributed by atoms with Gasteiger partial charge in [-0.05, 0) is 55.3 Å². The van der Waals surface area contributed by atoms with Crippen molar-refractivity contribution in [1.82, 2.24) is 14.9 Å². The number of nitrogens with zero attached hydrogens (tertiary/aromatic N) is 2. The second-order valence-electron chi connectivity index (χ2n) is 8.25. The smallest absolute Gasteiger partial charge is 0.266 e. The number of aryl methyl sites for hydroxylation is 1. The lowest BCUT2D eigenvalue weighted by Crippen LogP contribution is -2.28. The minimum Gasteiger partial charge on any atom is -0.486 e. The van der Waals surface area contributed by atoms with E-state index in [4.69, 9.17) is 14.5 Å². The van der Waals surface area contributed by atoms with Crippen LogP contribution in [0.3, 0.4) is 0 Å². The van der Waals surface area contributed by atoms with Crippen LogP contribution in [0.25, 0.3) is 16.6 Å².